The van der Waals surface area contributed by atoms with E-state index in [9.17, 15) is 4.79 Å². The molecule has 0 unspecified atom stereocenters. The van der Waals surface area contributed by atoms with E-state index in [0.29, 0.717) is 35.9 Å². The van der Waals surface area contributed by atoms with Crippen LogP contribution < -0.4 is 5.32 Å². The molecular formula is C21H19N5O2. The van der Waals surface area contributed by atoms with E-state index in [-0.39, 0.29) is 5.91 Å². The molecule has 0 atom stereocenters. The number of rotatable bonds is 5. The number of hydrogen-bond acceptors (Lipinski definition) is 6. The van der Waals surface area contributed by atoms with E-state index in [1.54, 1.807) is 6.20 Å². The van der Waals surface area contributed by atoms with Gasteiger partial charge in [-0.05, 0) is 44.2 Å². The molecule has 1 amide bonds. The van der Waals surface area contributed by atoms with Crippen LogP contribution in [0.4, 0.5) is 0 Å². The first-order valence-electron chi connectivity index (χ1n) is 9.00. The summed E-state index contributed by atoms with van der Waals surface area (Å²) in [5.74, 6) is 0.742. The van der Waals surface area contributed by atoms with Gasteiger partial charge in [-0.15, -0.1) is 0 Å². The molecule has 4 aromatic rings. The van der Waals surface area contributed by atoms with Gasteiger partial charge < -0.3 is 9.84 Å². The Balaban J connectivity index is 1.45. The van der Waals surface area contributed by atoms with Crippen molar-refractivity contribution in [3.63, 3.8) is 0 Å². The van der Waals surface area contributed by atoms with Crippen LogP contribution in [-0.4, -0.2) is 32.6 Å². The molecule has 0 aliphatic heterocycles. The Hall–Kier alpha value is -3.61. The Kier molecular flexibility index (Phi) is 4.80. The van der Waals surface area contributed by atoms with Crippen LogP contribution in [0.5, 0.6) is 0 Å². The van der Waals surface area contributed by atoms with Crippen LogP contribution in [0.25, 0.3) is 22.4 Å². The van der Waals surface area contributed by atoms with E-state index in [0.717, 1.165) is 22.2 Å². The second kappa shape index (κ2) is 7.56. The van der Waals surface area contributed by atoms with Crippen LogP contribution in [0.2, 0.25) is 0 Å². The lowest BCUT2D eigenvalue weighted by molar-refractivity contribution is 0.0955. The normalized spacial score (nSPS) is 10.9. The predicted molar refractivity (Wildman–Crippen MR) is 105 cm³/mol. The highest BCUT2D eigenvalue weighted by molar-refractivity contribution is 6.06. The number of aromatic nitrogens is 4. The van der Waals surface area contributed by atoms with Crippen LogP contribution in [0.1, 0.15) is 27.5 Å². The second-order valence-electron chi connectivity index (χ2n) is 6.56. The summed E-state index contributed by atoms with van der Waals surface area (Å²) in [5.41, 5.74) is 3.97. The molecular weight excluding hydrogens is 354 g/mol. The fraction of sp³-hybridized carbons (Fsp3) is 0.190. The van der Waals surface area contributed by atoms with Gasteiger partial charge in [0.2, 0.25) is 11.7 Å². The van der Waals surface area contributed by atoms with Crippen LogP contribution in [0.15, 0.2) is 53.2 Å². The highest BCUT2D eigenvalue weighted by Crippen LogP contribution is 2.20. The first kappa shape index (κ1) is 17.8. The van der Waals surface area contributed by atoms with Crippen molar-refractivity contribution in [3.8, 4) is 11.5 Å². The smallest absolute Gasteiger partial charge is 0.252 e. The van der Waals surface area contributed by atoms with Gasteiger partial charge in [-0.1, -0.05) is 22.9 Å². The molecule has 140 valence electrons. The highest BCUT2D eigenvalue weighted by atomic mass is 16.5. The van der Waals surface area contributed by atoms with Crippen molar-refractivity contribution < 1.29 is 9.32 Å². The molecule has 7 heteroatoms. The Bertz CT molecular complexity index is 1140. The van der Waals surface area contributed by atoms with E-state index < -0.39 is 0 Å². The van der Waals surface area contributed by atoms with Crippen molar-refractivity contribution in [2.45, 2.75) is 20.3 Å². The van der Waals surface area contributed by atoms with Crippen LogP contribution in [-0.2, 0) is 6.42 Å². The molecule has 0 aliphatic carbocycles. The number of fused-ring (bicyclic) bond motifs is 1. The maximum atomic E-state index is 12.7. The number of hydrogen-bond donors (Lipinski definition) is 1. The van der Waals surface area contributed by atoms with Crippen molar-refractivity contribution in [1.82, 2.24) is 25.4 Å². The third-order valence-electron chi connectivity index (χ3n) is 4.32. The number of amides is 1. The molecule has 0 saturated heterocycles. The Labute approximate surface area is 161 Å². The molecule has 0 radical (unpaired) electrons. The number of benzene rings is 1. The Morgan fingerprint density at radius 1 is 1.11 bits per heavy atom. The summed E-state index contributed by atoms with van der Waals surface area (Å²) in [6.45, 7) is 4.26. The summed E-state index contributed by atoms with van der Waals surface area (Å²) in [5, 5.41) is 7.71. The summed E-state index contributed by atoms with van der Waals surface area (Å²) in [4.78, 5) is 25.7. The van der Waals surface area contributed by atoms with Crippen molar-refractivity contribution in [1.29, 1.82) is 0 Å². The van der Waals surface area contributed by atoms with E-state index in [2.05, 4.69) is 25.4 Å². The molecule has 0 saturated carbocycles. The van der Waals surface area contributed by atoms with Crippen molar-refractivity contribution in [2.75, 3.05) is 6.54 Å². The number of carbonyl (C=O) groups is 1. The van der Waals surface area contributed by atoms with Gasteiger partial charge in [-0.25, -0.2) is 0 Å². The minimum Gasteiger partial charge on any atom is -0.351 e. The molecule has 0 fully saturated rings. The molecule has 3 aromatic heterocycles. The number of nitrogens with zero attached hydrogens (tertiary/aromatic N) is 4. The Morgan fingerprint density at radius 2 is 2.00 bits per heavy atom. The largest absolute Gasteiger partial charge is 0.351 e. The van der Waals surface area contributed by atoms with Crippen molar-refractivity contribution in [2.24, 2.45) is 0 Å². The molecule has 4 rings (SSSR count). The quantitative estimate of drug-likeness (QED) is 0.577. The molecule has 0 bridgehead atoms. The summed E-state index contributed by atoms with van der Waals surface area (Å²) < 4.78 is 5.25. The van der Waals surface area contributed by atoms with Gasteiger partial charge in [-0.3, -0.25) is 14.8 Å². The topological polar surface area (TPSA) is 93.8 Å². The third-order valence-corrected chi connectivity index (χ3v) is 4.32. The molecule has 3 heterocycles. The lowest BCUT2D eigenvalue weighted by Gasteiger charge is -2.09. The first-order valence-corrected chi connectivity index (χ1v) is 9.00. The highest BCUT2D eigenvalue weighted by Gasteiger charge is 2.13. The standard InChI is InChI=1S/C21H19N5O2/c1-13-6-7-17-15(11-13)16(12-14(2)24-17)21(27)23-10-8-19-25-20(26-28-19)18-5-3-4-9-22-18/h3-7,9,11-12H,8,10H2,1-2H3,(H,23,27). The van der Waals surface area contributed by atoms with E-state index in [1.165, 1.54) is 0 Å². The van der Waals surface area contributed by atoms with Crippen molar-refractivity contribution in [3.05, 3.63) is 71.4 Å². The summed E-state index contributed by atoms with van der Waals surface area (Å²) in [6, 6.07) is 13.2. The van der Waals surface area contributed by atoms with Gasteiger partial charge in [0.15, 0.2) is 0 Å². The van der Waals surface area contributed by atoms with Crippen LogP contribution in [0, 0.1) is 13.8 Å². The average Bonchev–Trinajstić information content (AvgIpc) is 3.17. The molecule has 0 spiro atoms. The van der Waals surface area contributed by atoms with Gasteiger partial charge in [0.25, 0.3) is 5.91 Å². The van der Waals surface area contributed by atoms with Crippen LogP contribution in [0.3, 0.4) is 0 Å². The minimum absolute atomic E-state index is 0.148. The second-order valence-corrected chi connectivity index (χ2v) is 6.56. The number of aryl methyl sites for hydroxylation is 2. The lowest BCUT2D eigenvalue weighted by atomic mass is 10.0. The first-order chi connectivity index (χ1) is 13.6. The summed E-state index contributed by atoms with van der Waals surface area (Å²) in [6.07, 6.45) is 2.11. The fourth-order valence-corrected chi connectivity index (χ4v) is 2.99. The molecule has 1 aromatic carbocycles. The number of pyridine rings is 2. The van der Waals surface area contributed by atoms with Gasteiger partial charge in [0, 0.05) is 30.2 Å². The lowest BCUT2D eigenvalue weighted by Crippen LogP contribution is -2.26. The maximum Gasteiger partial charge on any atom is 0.252 e. The summed E-state index contributed by atoms with van der Waals surface area (Å²) >= 11 is 0. The zero-order valence-electron chi connectivity index (χ0n) is 15.6. The predicted octanol–water partition coefficient (Wildman–Crippen LogP) is 3.27. The molecule has 0 aliphatic rings. The SMILES string of the molecule is Cc1ccc2nc(C)cc(C(=O)NCCc3nc(-c4ccccn4)no3)c2c1. The Morgan fingerprint density at radius 3 is 2.82 bits per heavy atom. The van der Waals surface area contributed by atoms with Gasteiger partial charge in [0.1, 0.15) is 5.69 Å². The van der Waals surface area contributed by atoms with Crippen molar-refractivity contribution >= 4 is 16.8 Å². The van der Waals surface area contributed by atoms with Gasteiger partial charge in [0.05, 0.1) is 11.1 Å². The number of carbonyl (C=O) groups excluding carboxylic acids is 1. The summed E-state index contributed by atoms with van der Waals surface area (Å²) in [7, 11) is 0. The molecule has 28 heavy (non-hydrogen) atoms. The van der Waals surface area contributed by atoms with E-state index in [4.69, 9.17) is 4.52 Å². The number of nitrogens with one attached hydrogen (secondary N) is 1. The van der Waals surface area contributed by atoms with Crippen LogP contribution >= 0.6 is 0 Å². The van der Waals surface area contributed by atoms with E-state index >= 15 is 0 Å². The average molecular weight is 373 g/mol. The zero-order chi connectivity index (χ0) is 19.5. The third kappa shape index (κ3) is 3.73. The maximum absolute atomic E-state index is 12.7. The fourth-order valence-electron chi connectivity index (χ4n) is 2.99. The zero-order valence-corrected chi connectivity index (χ0v) is 15.6. The van der Waals surface area contributed by atoms with E-state index in [1.807, 2.05) is 56.3 Å². The van der Waals surface area contributed by atoms with Gasteiger partial charge >= 0.3 is 0 Å². The minimum atomic E-state index is -0.148. The molecule has 7 nitrogen and oxygen atoms in total. The monoisotopic (exact) mass is 373 g/mol. The van der Waals surface area contributed by atoms with Gasteiger partial charge in [-0.2, -0.15) is 4.98 Å². The molecule has 1 N–H and O–H groups in total.